The van der Waals surface area contributed by atoms with Crippen LogP contribution in [0.1, 0.15) is 25.7 Å². The fourth-order valence-corrected chi connectivity index (χ4v) is 3.40. The van der Waals surface area contributed by atoms with Crippen LogP contribution in [-0.2, 0) is 0 Å². The first-order valence-electron chi connectivity index (χ1n) is 7.49. The largest absolute Gasteiger partial charge is 0.366 e. The lowest BCUT2D eigenvalue weighted by Gasteiger charge is -2.06. The number of hydrogen-bond acceptors (Lipinski definition) is 4. The van der Waals surface area contributed by atoms with Gasteiger partial charge in [-0.15, -0.1) is 11.3 Å². The molecule has 0 saturated carbocycles. The summed E-state index contributed by atoms with van der Waals surface area (Å²) >= 11 is 7.11. The lowest BCUT2D eigenvalue weighted by molar-refractivity contribution is 0.0993. The maximum absolute atomic E-state index is 13.5. The minimum atomic E-state index is -0.905. The Hall–Kier alpha value is -2.77. The number of aromatic nitrogens is 1. The van der Waals surface area contributed by atoms with Crippen molar-refractivity contribution >= 4 is 40.4 Å². The Labute approximate surface area is 157 Å². The maximum Gasteiger partial charge on any atom is 0.267 e. The molecular weight excluding hydrogens is 377 g/mol. The average molecular weight is 390 g/mol. The highest BCUT2D eigenvalue weighted by Gasteiger charge is 2.17. The molecule has 0 unspecified atom stereocenters. The molecule has 0 aliphatic rings. The summed E-state index contributed by atoms with van der Waals surface area (Å²) in [5, 5.41) is 3.93. The van der Waals surface area contributed by atoms with E-state index in [9.17, 15) is 14.0 Å². The van der Waals surface area contributed by atoms with Crippen LogP contribution >= 0.6 is 22.9 Å². The van der Waals surface area contributed by atoms with Gasteiger partial charge in [-0.25, -0.2) is 9.37 Å². The molecule has 3 rings (SSSR count). The fraction of sp³-hybridized carbons (Fsp3) is 0.0556. The van der Waals surface area contributed by atoms with Gasteiger partial charge in [-0.2, -0.15) is 0 Å². The Morgan fingerprint density at radius 2 is 1.88 bits per heavy atom. The summed E-state index contributed by atoms with van der Waals surface area (Å²) in [5.41, 5.74) is 6.51. The van der Waals surface area contributed by atoms with Crippen molar-refractivity contribution in [2.24, 2.45) is 5.73 Å². The summed E-state index contributed by atoms with van der Waals surface area (Å²) in [6, 6.07) is 10.8. The Balaban J connectivity index is 1.86. The zero-order valence-corrected chi connectivity index (χ0v) is 15.1. The normalized spacial score (nSPS) is 10.6. The fourth-order valence-electron chi connectivity index (χ4n) is 2.30. The van der Waals surface area contributed by atoms with E-state index in [2.05, 4.69) is 10.3 Å². The lowest BCUT2D eigenvalue weighted by atomic mass is 10.1. The second-order valence-electron chi connectivity index (χ2n) is 5.45. The average Bonchev–Trinajstić information content (AvgIpc) is 2.99. The van der Waals surface area contributed by atoms with Crippen LogP contribution in [0.25, 0.3) is 10.6 Å². The monoisotopic (exact) mass is 389 g/mol. The van der Waals surface area contributed by atoms with Crippen LogP contribution in [0.4, 0.5) is 10.1 Å². The van der Waals surface area contributed by atoms with Crippen molar-refractivity contribution in [1.29, 1.82) is 0 Å². The molecule has 2 aromatic carbocycles. The van der Waals surface area contributed by atoms with Crippen molar-refractivity contribution in [2.75, 3.05) is 5.32 Å². The third kappa shape index (κ3) is 3.74. The van der Waals surface area contributed by atoms with Crippen molar-refractivity contribution < 1.29 is 14.0 Å². The van der Waals surface area contributed by atoms with E-state index >= 15 is 0 Å². The number of hydrogen-bond donors (Lipinski definition) is 2. The van der Waals surface area contributed by atoms with Gasteiger partial charge in [0.25, 0.3) is 11.8 Å². The van der Waals surface area contributed by atoms with Crippen LogP contribution < -0.4 is 11.1 Å². The van der Waals surface area contributed by atoms with Gasteiger partial charge in [0.2, 0.25) is 0 Å². The number of amides is 2. The number of nitrogens with one attached hydrogen (secondary N) is 1. The summed E-state index contributed by atoms with van der Waals surface area (Å²) in [7, 11) is 0. The molecule has 0 atom stereocenters. The van der Waals surface area contributed by atoms with Gasteiger partial charge in [-0.1, -0.05) is 23.7 Å². The Morgan fingerprint density at radius 1 is 1.19 bits per heavy atom. The van der Waals surface area contributed by atoms with Crippen LogP contribution in [0.3, 0.4) is 0 Å². The molecule has 26 heavy (non-hydrogen) atoms. The predicted octanol–water partition coefficient (Wildman–Crippen LogP) is 4.26. The first kappa shape index (κ1) is 18.0. The number of nitrogens with zero attached hydrogens (tertiary/aromatic N) is 1. The van der Waals surface area contributed by atoms with Gasteiger partial charge in [0.15, 0.2) is 0 Å². The molecule has 0 saturated heterocycles. The van der Waals surface area contributed by atoms with E-state index < -0.39 is 17.6 Å². The molecule has 3 aromatic rings. The number of halogens is 2. The highest BCUT2D eigenvalue weighted by atomic mass is 35.5. The van der Waals surface area contributed by atoms with Crippen LogP contribution in [0.15, 0.2) is 42.5 Å². The van der Waals surface area contributed by atoms with Gasteiger partial charge >= 0.3 is 0 Å². The molecule has 2 amide bonds. The van der Waals surface area contributed by atoms with Crippen LogP contribution in [0.2, 0.25) is 5.02 Å². The molecule has 8 heteroatoms. The Kier molecular flexibility index (Phi) is 5.01. The summed E-state index contributed by atoms with van der Waals surface area (Å²) < 4.78 is 13.5. The molecule has 0 spiro atoms. The topological polar surface area (TPSA) is 85.1 Å². The minimum Gasteiger partial charge on any atom is -0.366 e. The van der Waals surface area contributed by atoms with Gasteiger partial charge < -0.3 is 11.1 Å². The highest BCUT2D eigenvalue weighted by Crippen LogP contribution is 2.29. The zero-order chi connectivity index (χ0) is 18.8. The molecule has 0 aliphatic carbocycles. The van der Waals surface area contributed by atoms with E-state index in [4.69, 9.17) is 17.3 Å². The number of primary amides is 1. The predicted molar refractivity (Wildman–Crippen MR) is 100 cm³/mol. The maximum atomic E-state index is 13.5. The minimum absolute atomic E-state index is 0.269. The van der Waals surface area contributed by atoms with E-state index in [-0.39, 0.29) is 11.3 Å². The standard InChI is InChI=1S/C18H13ClFN3O2S/c1-9-15(26-18(22-9)10-2-4-11(19)5-3-10)17(25)23-12-6-7-14(20)13(8-12)16(21)24/h2-8H,1H3,(H2,21,24)(H,23,25). The number of benzene rings is 2. The van der Waals surface area contributed by atoms with Crippen molar-refractivity contribution in [3.8, 4) is 10.6 Å². The number of carbonyl (C=O) groups excluding carboxylic acids is 2. The van der Waals surface area contributed by atoms with E-state index in [0.29, 0.717) is 20.6 Å². The van der Waals surface area contributed by atoms with Crippen LogP contribution in [0, 0.1) is 12.7 Å². The van der Waals surface area contributed by atoms with Crippen molar-refractivity contribution in [3.05, 3.63) is 69.4 Å². The number of aryl methyl sites for hydroxylation is 1. The van der Waals surface area contributed by atoms with Crippen molar-refractivity contribution in [2.45, 2.75) is 6.92 Å². The molecule has 0 bridgehead atoms. The quantitative estimate of drug-likeness (QED) is 0.699. The number of thiazole rings is 1. The second kappa shape index (κ2) is 7.23. The molecule has 1 heterocycles. The molecule has 132 valence electrons. The van der Waals surface area contributed by atoms with Gasteiger partial charge in [0.05, 0.1) is 11.3 Å². The van der Waals surface area contributed by atoms with Crippen molar-refractivity contribution in [1.82, 2.24) is 4.98 Å². The highest BCUT2D eigenvalue weighted by molar-refractivity contribution is 7.17. The molecule has 0 aliphatic heterocycles. The third-order valence-electron chi connectivity index (χ3n) is 3.58. The number of carbonyl (C=O) groups is 2. The second-order valence-corrected chi connectivity index (χ2v) is 6.89. The summed E-state index contributed by atoms with van der Waals surface area (Å²) in [4.78, 5) is 28.6. The number of nitrogens with two attached hydrogens (primary N) is 1. The van der Waals surface area contributed by atoms with E-state index in [0.717, 1.165) is 11.6 Å². The summed E-state index contributed by atoms with van der Waals surface area (Å²) in [6.07, 6.45) is 0. The molecular formula is C18H13ClFN3O2S. The first-order chi connectivity index (χ1) is 12.3. The summed E-state index contributed by atoms with van der Waals surface area (Å²) in [6.45, 7) is 1.73. The van der Waals surface area contributed by atoms with Gasteiger partial charge in [0, 0.05) is 16.3 Å². The van der Waals surface area contributed by atoms with Crippen LogP contribution in [-0.4, -0.2) is 16.8 Å². The third-order valence-corrected chi connectivity index (χ3v) is 5.04. The van der Waals surface area contributed by atoms with Gasteiger partial charge in [-0.05, 0) is 37.3 Å². The van der Waals surface area contributed by atoms with Gasteiger partial charge in [-0.3, -0.25) is 9.59 Å². The van der Waals surface area contributed by atoms with Crippen molar-refractivity contribution in [3.63, 3.8) is 0 Å². The van der Waals surface area contributed by atoms with E-state index in [1.807, 2.05) is 12.1 Å². The SMILES string of the molecule is Cc1nc(-c2ccc(Cl)cc2)sc1C(=O)Nc1ccc(F)c(C(N)=O)c1. The van der Waals surface area contributed by atoms with E-state index in [1.165, 1.54) is 23.5 Å². The number of anilines is 1. The molecule has 0 radical (unpaired) electrons. The molecule has 5 nitrogen and oxygen atoms in total. The number of rotatable bonds is 4. The first-order valence-corrected chi connectivity index (χ1v) is 8.68. The van der Waals surface area contributed by atoms with Crippen LogP contribution in [0.5, 0.6) is 0 Å². The smallest absolute Gasteiger partial charge is 0.267 e. The summed E-state index contributed by atoms with van der Waals surface area (Å²) in [5.74, 6) is -2.05. The Morgan fingerprint density at radius 3 is 2.54 bits per heavy atom. The zero-order valence-electron chi connectivity index (χ0n) is 13.5. The Bertz CT molecular complexity index is 1000. The van der Waals surface area contributed by atoms with Gasteiger partial charge in [0.1, 0.15) is 15.7 Å². The molecule has 0 fully saturated rings. The molecule has 3 N–H and O–H groups in total. The van der Waals surface area contributed by atoms with E-state index in [1.54, 1.807) is 19.1 Å². The lowest BCUT2D eigenvalue weighted by Crippen LogP contribution is -2.15. The molecule has 1 aromatic heterocycles.